The van der Waals surface area contributed by atoms with Crippen molar-refractivity contribution in [1.82, 2.24) is 15.5 Å². The van der Waals surface area contributed by atoms with Gasteiger partial charge in [-0.15, -0.1) is 30.6 Å². The molecule has 2 unspecified atom stereocenters. The van der Waals surface area contributed by atoms with Gasteiger partial charge in [-0.2, -0.15) is 0 Å². The summed E-state index contributed by atoms with van der Waals surface area (Å²) in [6, 6.07) is 0. The summed E-state index contributed by atoms with van der Waals surface area (Å²) >= 11 is 0. The molecular weight excluding hydrogens is 363 g/mol. The Balaban J connectivity index is 0.00000361. The summed E-state index contributed by atoms with van der Waals surface area (Å²) < 4.78 is 0. The van der Waals surface area contributed by atoms with Gasteiger partial charge in [0.1, 0.15) is 0 Å². The third kappa shape index (κ3) is 5.60. The van der Waals surface area contributed by atoms with Crippen LogP contribution in [0.1, 0.15) is 32.6 Å². The Bertz CT molecular complexity index is 317. The molecule has 0 aromatic carbocycles. The number of nitrogens with one attached hydrogen (secondary N) is 2. The van der Waals surface area contributed by atoms with E-state index in [9.17, 15) is 0 Å². The Morgan fingerprint density at radius 1 is 1.45 bits per heavy atom. The monoisotopic (exact) mass is 394 g/mol. The Morgan fingerprint density at radius 2 is 2.15 bits per heavy atom. The van der Waals surface area contributed by atoms with Crippen molar-refractivity contribution in [2.45, 2.75) is 38.1 Å². The Hall–Kier alpha value is -0.300. The summed E-state index contributed by atoms with van der Waals surface area (Å²) in [6.07, 6.45) is 7.04. The molecule has 5 heteroatoms. The van der Waals surface area contributed by atoms with Gasteiger partial charge in [0.05, 0.1) is 0 Å². The highest BCUT2D eigenvalue weighted by atomic mass is 127. The SMILES string of the molecule is C=CCNC(=NC)NCC1(N(C)C)CCCC(C)C1.I. The second kappa shape index (κ2) is 9.60. The quantitative estimate of drug-likeness (QED) is 0.326. The first-order valence-electron chi connectivity index (χ1n) is 7.27. The van der Waals surface area contributed by atoms with Crippen molar-refractivity contribution < 1.29 is 0 Å². The largest absolute Gasteiger partial charge is 0.355 e. The van der Waals surface area contributed by atoms with Crippen LogP contribution in [0.3, 0.4) is 0 Å². The molecule has 0 spiro atoms. The van der Waals surface area contributed by atoms with E-state index in [1.165, 1.54) is 25.7 Å². The summed E-state index contributed by atoms with van der Waals surface area (Å²) in [6.45, 7) is 7.77. The van der Waals surface area contributed by atoms with Crippen LogP contribution < -0.4 is 10.6 Å². The molecule has 0 amide bonds. The minimum absolute atomic E-state index is 0. The number of aliphatic imine (C=N–C) groups is 1. The summed E-state index contributed by atoms with van der Waals surface area (Å²) in [7, 11) is 6.20. The van der Waals surface area contributed by atoms with Crippen molar-refractivity contribution in [3.8, 4) is 0 Å². The van der Waals surface area contributed by atoms with E-state index < -0.39 is 0 Å². The van der Waals surface area contributed by atoms with Crippen molar-refractivity contribution in [1.29, 1.82) is 0 Å². The smallest absolute Gasteiger partial charge is 0.191 e. The highest BCUT2D eigenvalue weighted by Gasteiger charge is 2.36. The lowest BCUT2D eigenvalue weighted by Crippen LogP contribution is -2.56. The molecule has 1 aliphatic carbocycles. The van der Waals surface area contributed by atoms with Crippen molar-refractivity contribution in [3.63, 3.8) is 0 Å². The number of hydrogen-bond donors (Lipinski definition) is 2. The molecule has 1 fully saturated rings. The minimum Gasteiger partial charge on any atom is -0.355 e. The Labute approximate surface area is 141 Å². The molecule has 0 bridgehead atoms. The molecule has 1 aliphatic rings. The molecule has 0 saturated heterocycles. The number of halogens is 1. The second-order valence-corrected chi connectivity index (χ2v) is 5.92. The van der Waals surface area contributed by atoms with Crippen LogP contribution in [0.25, 0.3) is 0 Å². The Kier molecular flexibility index (Phi) is 9.46. The standard InChI is InChI=1S/C15H30N4.HI/c1-6-10-17-14(16-3)18-12-15(19(4)5)9-7-8-13(2)11-15;/h6,13H,1,7-12H2,2-5H3,(H2,16,17,18);1H. The molecule has 1 saturated carbocycles. The van der Waals surface area contributed by atoms with Gasteiger partial charge in [0.2, 0.25) is 0 Å². The molecule has 118 valence electrons. The minimum atomic E-state index is 0. The lowest BCUT2D eigenvalue weighted by molar-refractivity contribution is 0.0796. The maximum atomic E-state index is 4.25. The highest BCUT2D eigenvalue weighted by Crippen LogP contribution is 2.35. The van der Waals surface area contributed by atoms with E-state index in [4.69, 9.17) is 0 Å². The van der Waals surface area contributed by atoms with Gasteiger partial charge in [-0.1, -0.05) is 25.8 Å². The van der Waals surface area contributed by atoms with Crippen molar-refractivity contribution in [2.24, 2.45) is 10.9 Å². The molecule has 2 atom stereocenters. The summed E-state index contributed by atoms with van der Waals surface area (Å²) in [4.78, 5) is 6.63. The van der Waals surface area contributed by atoms with Gasteiger partial charge < -0.3 is 15.5 Å². The van der Waals surface area contributed by atoms with Crippen molar-refractivity contribution >= 4 is 29.9 Å². The van der Waals surface area contributed by atoms with Gasteiger partial charge in [-0.05, 0) is 32.9 Å². The molecule has 0 aliphatic heterocycles. The average molecular weight is 394 g/mol. The lowest BCUT2D eigenvalue weighted by atomic mass is 9.75. The molecule has 0 radical (unpaired) electrons. The topological polar surface area (TPSA) is 39.7 Å². The fourth-order valence-electron chi connectivity index (χ4n) is 2.99. The fourth-order valence-corrected chi connectivity index (χ4v) is 2.99. The van der Waals surface area contributed by atoms with E-state index in [-0.39, 0.29) is 29.5 Å². The van der Waals surface area contributed by atoms with Crippen LogP contribution in [0.4, 0.5) is 0 Å². The van der Waals surface area contributed by atoms with E-state index in [1.807, 2.05) is 13.1 Å². The molecule has 2 N–H and O–H groups in total. The van der Waals surface area contributed by atoms with Crippen LogP contribution >= 0.6 is 24.0 Å². The van der Waals surface area contributed by atoms with E-state index in [0.29, 0.717) is 0 Å². The zero-order chi connectivity index (χ0) is 14.3. The van der Waals surface area contributed by atoms with Gasteiger partial charge in [-0.3, -0.25) is 4.99 Å². The maximum absolute atomic E-state index is 4.25. The normalized spacial score (nSPS) is 26.9. The molecule has 20 heavy (non-hydrogen) atoms. The van der Waals surface area contributed by atoms with Crippen LogP contribution in [0.5, 0.6) is 0 Å². The lowest BCUT2D eigenvalue weighted by Gasteiger charge is -2.45. The van der Waals surface area contributed by atoms with Crippen LogP contribution in [-0.2, 0) is 0 Å². The zero-order valence-corrected chi connectivity index (χ0v) is 15.7. The van der Waals surface area contributed by atoms with Gasteiger partial charge >= 0.3 is 0 Å². The van der Waals surface area contributed by atoms with Crippen molar-refractivity contribution in [2.75, 3.05) is 34.2 Å². The van der Waals surface area contributed by atoms with Gasteiger partial charge in [-0.25, -0.2) is 0 Å². The molecule has 4 nitrogen and oxygen atoms in total. The number of guanidine groups is 1. The Morgan fingerprint density at radius 3 is 2.65 bits per heavy atom. The van der Waals surface area contributed by atoms with Crippen molar-refractivity contribution in [3.05, 3.63) is 12.7 Å². The van der Waals surface area contributed by atoms with Crippen LogP contribution in [-0.4, -0.2) is 50.6 Å². The average Bonchev–Trinajstić information content (AvgIpc) is 2.39. The summed E-state index contributed by atoms with van der Waals surface area (Å²) in [5.74, 6) is 1.67. The van der Waals surface area contributed by atoms with Gasteiger partial charge in [0.15, 0.2) is 5.96 Å². The van der Waals surface area contributed by atoms with Crippen LogP contribution in [0.2, 0.25) is 0 Å². The first-order chi connectivity index (χ1) is 9.04. The molecule has 1 rings (SSSR count). The summed E-state index contributed by atoms with van der Waals surface area (Å²) in [5.41, 5.74) is 0.253. The molecule has 0 aromatic heterocycles. The van der Waals surface area contributed by atoms with Crippen LogP contribution in [0, 0.1) is 5.92 Å². The third-order valence-electron chi connectivity index (χ3n) is 4.24. The zero-order valence-electron chi connectivity index (χ0n) is 13.4. The molecular formula is C15H31IN4. The molecule has 0 heterocycles. The van der Waals surface area contributed by atoms with E-state index in [0.717, 1.165) is 25.0 Å². The number of nitrogens with zero attached hydrogens (tertiary/aromatic N) is 2. The second-order valence-electron chi connectivity index (χ2n) is 5.92. The van der Waals surface area contributed by atoms with E-state index in [2.05, 4.69) is 48.1 Å². The number of rotatable bonds is 5. The van der Waals surface area contributed by atoms with Crippen LogP contribution in [0.15, 0.2) is 17.6 Å². The van der Waals surface area contributed by atoms with E-state index >= 15 is 0 Å². The molecule has 0 aromatic rings. The number of likely N-dealkylation sites (N-methyl/N-ethyl adjacent to an activating group) is 1. The predicted octanol–water partition coefficient (Wildman–Crippen LogP) is 2.47. The highest BCUT2D eigenvalue weighted by molar-refractivity contribution is 14.0. The van der Waals surface area contributed by atoms with E-state index in [1.54, 1.807) is 0 Å². The first-order valence-corrected chi connectivity index (χ1v) is 7.27. The van der Waals surface area contributed by atoms with Gasteiger partial charge in [0, 0.05) is 25.7 Å². The first kappa shape index (κ1) is 19.7. The fraction of sp³-hybridized carbons (Fsp3) is 0.800. The maximum Gasteiger partial charge on any atom is 0.191 e. The summed E-state index contributed by atoms with van der Waals surface area (Å²) in [5, 5.41) is 6.69. The predicted molar refractivity (Wildman–Crippen MR) is 99.0 cm³/mol. The third-order valence-corrected chi connectivity index (χ3v) is 4.24. The van der Waals surface area contributed by atoms with Gasteiger partial charge in [0.25, 0.3) is 0 Å². The number of hydrogen-bond acceptors (Lipinski definition) is 2.